The molecule has 0 fully saturated rings. The van der Waals surface area contributed by atoms with Gasteiger partial charge in [0.2, 0.25) is 0 Å². The maximum Gasteiger partial charge on any atom is 0.281 e. The minimum atomic E-state index is -0.288. The van der Waals surface area contributed by atoms with Gasteiger partial charge >= 0.3 is 0 Å². The van der Waals surface area contributed by atoms with Crippen LogP contribution in [0.1, 0.15) is 17.3 Å². The van der Waals surface area contributed by atoms with Gasteiger partial charge in [0.25, 0.3) is 5.97 Å². The molecule has 0 bridgehead atoms. The van der Waals surface area contributed by atoms with E-state index in [9.17, 15) is 4.79 Å². The number of benzene rings is 1. The van der Waals surface area contributed by atoms with Crippen LogP contribution in [0.4, 0.5) is 0 Å². The second-order valence-electron chi connectivity index (χ2n) is 2.01. The molecule has 0 saturated heterocycles. The van der Waals surface area contributed by atoms with E-state index in [0.29, 0.717) is 12.2 Å². The second kappa shape index (κ2) is 8.21. The van der Waals surface area contributed by atoms with Crippen LogP contribution in [0, 0.1) is 6.07 Å². The van der Waals surface area contributed by atoms with E-state index in [0.717, 1.165) is 0 Å². The van der Waals surface area contributed by atoms with Crippen molar-refractivity contribution in [1.29, 1.82) is 0 Å². The van der Waals surface area contributed by atoms with Gasteiger partial charge in [-0.3, -0.25) is 4.79 Å². The molecule has 0 atom stereocenters. The van der Waals surface area contributed by atoms with Gasteiger partial charge in [0.15, 0.2) is 0 Å². The van der Waals surface area contributed by atoms with Crippen molar-refractivity contribution in [2.24, 2.45) is 0 Å². The van der Waals surface area contributed by atoms with E-state index in [-0.39, 0.29) is 37.9 Å². The third-order valence-corrected chi connectivity index (χ3v) is 1.22. The van der Waals surface area contributed by atoms with E-state index in [1.165, 1.54) is 0 Å². The van der Waals surface area contributed by atoms with Crippen molar-refractivity contribution in [3.63, 3.8) is 0 Å². The van der Waals surface area contributed by atoms with Crippen molar-refractivity contribution in [3.05, 3.63) is 35.9 Å². The maximum atomic E-state index is 11.0. The number of esters is 1. The van der Waals surface area contributed by atoms with Crippen LogP contribution in [0.3, 0.4) is 0 Å². The fourth-order valence-corrected chi connectivity index (χ4v) is 0.735. The molecule has 4 heteroatoms. The zero-order valence-corrected chi connectivity index (χ0v) is 11.2. The summed E-state index contributed by atoms with van der Waals surface area (Å²) in [7, 11) is 0. The average Bonchev–Trinajstić information content (AvgIpc) is 2.07. The Balaban J connectivity index is 0. The molecule has 0 radical (unpaired) electrons. The van der Waals surface area contributed by atoms with Crippen molar-refractivity contribution in [2.75, 3.05) is 6.61 Å². The van der Waals surface area contributed by atoms with Gasteiger partial charge in [-0.2, -0.15) is 30.3 Å². The van der Waals surface area contributed by atoms with E-state index in [1.807, 2.05) is 0 Å². The predicted octanol–water partition coefficient (Wildman–Crippen LogP) is 2.08. The molecule has 0 N–H and O–H groups in total. The minimum Gasteiger partial charge on any atom is -0.472 e. The number of carbonyl (C=O) groups excluding carboxylic acids is 1. The predicted molar refractivity (Wildman–Crippen MR) is 48.5 cm³/mol. The van der Waals surface area contributed by atoms with Gasteiger partial charge in [-0.1, -0.05) is 5.56 Å². The fourth-order valence-electron chi connectivity index (χ4n) is 0.735. The van der Waals surface area contributed by atoms with Gasteiger partial charge in [-0.05, 0) is 6.92 Å². The molecule has 0 saturated carbocycles. The Bertz CT molecular complexity index is 239. The Morgan fingerprint density at radius 1 is 1.62 bits per heavy atom. The van der Waals surface area contributed by atoms with Crippen LogP contribution < -0.4 is 0 Å². The SMILES string of the molecule is CCOC(=O)c1c[c-]ccc1.Cl.[Zn]. The molecule has 1 rings (SSSR count). The van der Waals surface area contributed by atoms with Crippen LogP contribution >= 0.6 is 12.4 Å². The number of ether oxygens (including phenoxy) is 1. The van der Waals surface area contributed by atoms with Crippen molar-refractivity contribution >= 4 is 18.4 Å². The molecule has 0 unspecified atom stereocenters. The summed E-state index contributed by atoms with van der Waals surface area (Å²) in [5.74, 6) is -0.288. The number of halogens is 1. The molecule has 0 amide bonds. The molecule has 0 aliphatic rings. The first-order valence-electron chi connectivity index (χ1n) is 3.48. The van der Waals surface area contributed by atoms with Gasteiger partial charge in [0.1, 0.15) is 0 Å². The van der Waals surface area contributed by atoms with Crippen LogP contribution in [0.2, 0.25) is 0 Å². The summed E-state index contributed by atoms with van der Waals surface area (Å²) in [4.78, 5) is 11.0. The van der Waals surface area contributed by atoms with Crippen LogP contribution in [-0.4, -0.2) is 12.6 Å². The zero-order chi connectivity index (χ0) is 8.10. The molecular formula is C9H10ClO2Zn-. The maximum absolute atomic E-state index is 11.0. The molecule has 0 heterocycles. The van der Waals surface area contributed by atoms with E-state index in [4.69, 9.17) is 4.74 Å². The van der Waals surface area contributed by atoms with Crippen LogP contribution in [0.5, 0.6) is 0 Å². The summed E-state index contributed by atoms with van der Waals surface area (Å²) in [5, 5.41) is 0. The third kappa shape index (κ3) is 5.02. The Morgan fingerprint density at radius 2 is 2.31 bits per heavy atom. The van der Waals surface area contributed by atoms with E-state index < -0.39 is 0 Å². The van der Waals surface area contributed by atoms with E-state index in [2.05, 4.69) is 6.07 Å². The quantitative estimate of drug-likeness (QED) is 0.457. The molecular weight excluding hydrogens is 241 g/mol. The van der Waals surface area contributed by atoms with Crippen molar-refractivity contribution in [2.45, 2.75) is 6.92 Å². The summed E-state index contributed by atoms with van der Waals surface area (Å²) >= 11 is 0. The second-order valence-corrected chi connectivity index (χ2v) is 2.01. The first kappa shape index (κ1) is 15.1. The molecule has 1 aromatic rings. The molecule has 0 spiro atoms. The van der Waals surface area contributed by atoms with Gasteiger partial charge in [0.05, 0.1) is 6.61 Å². The molecule has 2 nitrogen and oxygen atoms in total. The molecule has 0 aliphatic carbocycles. The van der Waals surface area contributed by atoms with Gasteiger partial charge in [-0.25, -0.2) is 0 Å². The largest absolute Gasteiger partial charge is 0.472 e. The van der Waals surface area contributed by atoms with Crippen LogP contribution in [0.25, 0.3) is 0 Å². The summed E-state index contributed by atoms with van der Waals surface area (Å²) < 4.78 is 4.77. The summed E-state index contributed by atoms with van der Waals surface area (Å²) in [6, 6.07) is 9.61. The Kier molecular flexibility index (Phi) is 9.54. The standard InChI is InChI=1S/C9H9O2.ClH.Zn/c1-2-11-9(10)8-6-4-3-5-7-8;;/h3-4,6-7H,2H2,1H3;1H;/q-1;;. The van der Waals surface area contributed by atoms with Gasteiger partial charge < -0.3 is 4.74 Å². The summed E-state index contributed by atoms with van der Waals surface area (Å²) in [6.07, 6.45) is 0. The smallest absolute Gasteiger partial charge is 0.281 e. The van der Waals surface area contributed by atoms with E-state index in [1.54, 1.807) is 31.2 Å². The van der Waals surface area contributed by atoms with E-state index >= 15 is 0 Å². The summed E-state index contributed by atoms with van der Waals surface area (Å²) in [5.41, 5.74) is 0.550. The van der Waals surface area contributed by atoms with Crippen molar-refractivity contribution in [1.82, 2.24) is 0 Å². The Morgan fingerprint density at radius 3 is 2.77 bits per heavy atom. The van der Waals surface area contributed by atoms with Gasteiger partial charge in [-0.15, -0.1) is 12.4 Å². The number of hydrogen-bond donors (Lipinski definition) is 0. The fraction of sp³-hybridized carbons (Fsp3) is 0.222. The minimum absolute atomic E-state index is 0. The number of rotatable bonds is 2. The average molecular weight is 251 g/mol. The molecule has 1 aromatic carbocycles. The first-order chi connectivity index (χ1) is 5.34. The number of hydrogen-bond acceptors (Lipinski definition) is 2. The zero-order valence-electron chi connectivity index (χ0n) is 7.45. The third-order valence-electron chi connectivity index (χ3n) is 1.22. The molecule has 0 aliphatic heterocycles. The Hall–Kier alpha value is -0.397. The van der Waals surface area contributed by atoms with Crippen molar-refractivity contribution in [3.8, 4) is 0 Å². The van der Waals surface area contributed by atoms with Crippen molar-refractivity contribution < 1.29 is 29.0 Å². The monoisotopic (exact) mass is 249 g/mol. The number of carbonyl (C=O) groups is 1. The Labute approximate surface area is 96.8 Å². The topological polar surface area (TPSA) is 26.3 Å². The molecule has 68 valence electrons. The summed E-state index contributed by atoms with van der Waals surface area (Å²) in [6.45, 7) is 2.19. The first-order valence-corrected chi connectivity index (χ1v) is 3.48. The van der Waals surface area contributed by atoms with Crippen LogP contribution in [0.15, 0.2) is 24.3 Å². The normalized spacial score (nSPS) is 7.77. The van der Waals surface area contributed by atoms with Crippen LogP contribution in [-0.2, 0) is 24.2 Å². The molecule has 0 aromatic heterocycles. The van der Waals surface area contributed by atoms with Gasteiger partial charge in [0, 0.05) is 19.5 Å². The molecule has 13 heavy (non-hydrogen) atoms.